The van der Waals surface area contributed by atoms with Crippen LogP contribution in [0.5, 0.6) is 0 Å². The number of aliphatic hydroxyl groups is 1. The second kappa shape index (κ2) is 14.4. The molecular formula is C24H36N2O. The van der Waals surface area contributed by atoms with Gasteiger partial charge >= 0.3 is 0 Å². The van der Waals surface area contributed by atoms with Crippen LogP contribution < -0.4 is 5.32 Å². The number of nitrogens with one attached hydrogen (secondary N) is 1. The van der Waals surface area contributed by atoms with Gasteiger partial charge in [0.1, 0.15) is 0 Å². The molecule has 2 saturated heterocycles. The maximum atomic E-state index is 8.54. The third-order valence-corrected chi connectivity index (χ3v) is 4.93. The van der Waals surface area contributed by atoms with Crippen LogP contribution in [-0.4, -0.2) is 36.2 Å². The Morgan fingerprint density at radius 3 is 1.59 bits per heavy atom. The van der Waals surface area contributed by atoms with Crippen LogP contribution in [0.2, 0.25) is 0 Å². The first kappa shape index (κ1) is 21.6. The molecule has 0 saturated carbocycles. The monoisotopic (exact) mass is 368 g/mol. The molecule has 2 fully saturated rings. The summed E-state index contributed by atoms with van der Waals surface area (Å²) in [6, 6.07) is 20.3. The first-order valence-electron chi connectivity index (χ1n) is 10.5. The SMILES string of the molecule is C1CCNCC1.OCc1ccccc1.c1ccc(CN2CCCCC2)cc1. The molecule has 2 aliphatic heterocycles. The third-order valence-electron chi connectivity index (χ3n) is 4.93. The molecule has 0 amide bonds. The van der Waals surface area contributed by atoms with E-state index in [1.807, 2.05) is 30.3 Å². The van der Waals surface area contributed by atoms with E-state index in [1.54, 1.807) is 0 Å². The minimum absolute atomic E-state index is 0.140. The summed E-state index contributed by atoms with van der Waals surface area (Å²) in [6.45, 7) is 6.35. The summed E-state index contributed by atoms with van der Waals surface area (Å²) in [5, 5.41) is 11.8. The van der Waals surface area contributed by atoms with Gasteiger partial charge in [-0.1, -0.05) is 73.5 Å². The molecule has 148 valence electrons. The smallest absolute Gasteiger partial charge is 0.0681 e. The summed E-state index contributed by atoms with van der Waals surface area (Å²) >= 11 is 0. The minimum Gasteiger partial charge on any atom is -0.392 e. The number of piperidine rings is 2. The Morgan fingerprint density at radius 1 is 0.667 bits per heavy atom. The summed E-state index contributed by atoms with van der Waals surface area (Å²) in [5.74, 6) is 0. The summed E-state index contributed by atoms with van der Waals surface area (Å²) in [6.07, 6.45) is 8.40. The average Bonchev–Trinajstić information content (AvgIpc) is 2.78. The van der Waals surface area contributed by atoms with E-state index in [1.165, 1.54) is 70.3 Å². The van der Waals surface area contributed by atoms with Crippen LogP contribution in [0.25, 0.3) is 0 Å². The third kappa shape index (κ3) is 10.3. The van der Waals surface area contributed by atoms with E-state index in [-0.39, 0.29) is 6.61 Å². The lowest BCUT2D eigenvalue weighted by Crippen LogP contribution is -2.28. The largest absolute Gasteiger partial charge is 0.392 e. The van der Waals surface area contributed by atoms with Gasteiger partial charge < -0.3 is 10.4 Å². The number of rotatable bonds is 3. The summed E-state index contributed by atoms with van der Waals surface area (Å²) < 4.78 is 0. The van der Waals surface area contributed by atoms with Crippen molar-refractivity contribution < 1.29 is 5.11 Å². The predicted molar refractivity (Wildman–Crippen MR) is 115 cm³/mol. The fourth-order valence-electron chi connectivity index (χ4n) is 3.34. The fraction of sp³-hybridized carbons (Fsp3) is 0.500. The fourth-order valence-corrected chi connectivity index (χ4v) is 3.34. The van der Waals surface area contributed by atoms with E-state index in [0.717, 1.165) is 12.1 Å². The van der Waals surface area contributed by atoms with Crippen molar-refractivity contribution in [3.8, 4) is 0 Å². The highest BCUT2D eigenvalue weighted by Crippen LogP contribution is 2.12. The van der Waals surface area contributed by atoms with Gasteiger partial charge in [-0.15, -0.1) is 0 Å². The molecule has 0 atom stereocenters. The van der Waals surface area contributed by atoms with Crippen molar-refractivity contribution in [1.29, 1.82) is 0 Å². The molecule has 0 aliphatic carbocycles. The van der Waals surface area contributed by atoms with Crippen molar-refractivity contribution in [3.05, 3.63) is 71.8 Å². The van der Waals surface area contributed by atoms with Crippen LogP contribution in [0.15, 0.2) is 60.7 Å². The van der Waals surface area contributed by atoms with Crippen molar-refractivity contribution in [2.75, 3.05) is 26.2 Å². The van der Waals surface area contributed by atoms with Gasteiger partial charge in [0, 0.05) is 6.54 Å². The molecule has 2 aromatic carbocycles. The lowest BCUT2D eigenvalue weighted by atomic mass is 10.1. The van der Waals surface area contributed by atoms with Crippen molar-refractivity contribution in [2.24, 2.45) is 0 Å². The molecule has 27 heavy (non-hydrogen) atoms. The van der Waals surface area contributed by atoms with Gasteiger partial charge in [0.2, 0.25) is 0 Å². The Morgan fingerprint density at radius 2 is 1.19 bits per heavy atom. The summed E-state index contributed by atoms with van der Waals surface area (Å²) in [4.78, 5) is 2.55. The van der Waals surface area contributed by atoms with Crippen LogP contribution in [0, 0.1) is 0 Å². The van der Waals surface area contributed by atoms with E-state index in [0.29, 0.717) is 0 Å². The molecule has 3 nitrogen and oxygen atoms in total. The van der Waals surface area contributed by atoms with E-state index < -0.39 is 0 Å². The number of likely N-dealkylation sites (tertiary alicyclic amines) is 1. The minimum atomic E-state index is 0.140. The zero-order valence-electron chi connectivity index (χ0n) is 16.7. The molecule has 4 rings (SSSR count). The molecule has 0 aromatic heterocycles. The van der Waals surface area contributed by atoms with E-state index >= 15 is 0 Å². The highest BCUT2D eigenvalue weighted by Gasteiger charge is 2.09. The molecule has 2 N–H and O–H groups in total. The second-order valence-electron chi connectivity index (χ2n) is 7.28. The van der Waals surface area contributed by atoms with Gasteiger partial charge in [-0.2, -0.15) is 0 Å². The Bertz CT molecular complexity index is 552. The van der Waals surface area contributed by atoms with Crippen LogP contribution in [0.4, 0.5) is 0 Å². The number of hydrogen-bond donors (Lipinski definition) is 2. The Hall–Kier alpha value is -1.68. The highest BCUT2D eigenvalue weighted by molar-refractivity contribution is 5.14. The molecule has 2 aromatic rings. The van der Waals surface area contributed by atoms with E-state index in [9.17, 15) is 0 Å². The van der Waals surface area contributed by atoms with Crippen molar-refractivity contribution in [2.45, 2.75) is 51.7 Å². The maximum Gasteiger partial charge on any atom is 0.0681 e. The summed E-state index contributed by atoms with van der Waals surface area (Å²) in [7, 11) is 0. The van der Waals surface area contributed by atoms with Crippen LogP contribution in [0.1, 0.15) is 49.7 Å². The lowest BCUT2D eigenvalue weighted by molar-refractivity contribution is 0.221. The molecule has 2 aliphatic rings. The van der Waals surface area contributed by atoms with Crippen molar-refractivity contribution >= 4 is 0 Å². The molecule has 0 bridgehead atoms. The van der Waals surface area contributed by atoms with Crippen LogP contribution in [-0.2, 0) is 13.2 Å². The zero-order valence-corrected chi connectivity index (χ0v) is 16.7. The molecule has 0 radical (unpaired) electrons. The number of benzene rings is 2. The van der Waals surface area contributed by atoms with Crippen LogP contribution in [0.3, 0.4) is 0 Å². The quantitative estimate of drug-likeness (QED) is 0.830. The first-order chi connectivity index (χ1) is 13.4. The number of aliphatic hydroxyl groups excluding tert-OH is 1. The Balaban J connectivity index is 0.000000159. The van der Waals surface area contributed by atoms with Crippen molar-refractivity contribution in [3.63, 3.8) is 0 Å². The average molecular weight is 369 g/mol. The topological polar surface area (TPSA) is 35.5 Å². The van der Waals surface area contributed by atoms with Gasteiger partial charge in [0.25, 0.3) is 0 Å². The standard InChI is InChI=1S/C12H17N.C7H8O.C5H11N/c1-3-7-12(8-4-1)11-13-9-5-2-6-10-13;8-6-7-4-2-1-3-5-7;1-2-4-6-5-3-1/h1,3-4,7-8H,2,5-6,9-11H2;1-5,8H,6H2;6H,1-5H2. The molecular weight excluding hydrogens is 332 g/mol. The number of hydrogen-bond acceptors (Lipinski definition) is 3. The number of nitrogens with zero attached hydrogens (tertiary/aromatic N) is 1. The van der Waals surface area contributed by atoms with Crippen LogP contribution >= 0.6 is 0 Å². The lowest BCUT2D eigenvalue weighted by Gasteiger charge is -2.26. The normalized spacial score (nSPS) is 17.1. The zero-order chi connectivity index (χ0) is 19.0. The van der Waals surface area contributed by atoms with E-state index in [4.69, 9.17) is 5.11 Å². The molecule has 2 heterocycles. The highest BCUT2D eigenvalue weighted by atomic mass is 16.3. The second-order valence-corrected chi connectivity index (χ2v) is 7.28. The summed E-state index contributed by atoms with van der Waals surface area (Å²) in [5.41, 5.74) is 2.41. The van der Waals surface area contributed by atoms with Gasteiger partial charge in [-0.05, 0) is 63.0 Å². The Kier molecular flexibility index (Phi) is 11.5. The Labute approximate surface area is 165 Å². The molecule has 0 spiro atoms. The first-order valence-corrected chi connectivity index (χ1v) is 10.5. The van der Waals surface area contributed by atoms with Gasteiger partial charge in [0.15, 0.2) is 0 Å². The van der Waals surface area contributed by atoms with Gasteiger partial charge in [-0.3, -0.25) is 4.90 Å². The van der Waals surface area contributed by atoms with E-state index in [2.05, 4.69) is 40.5 Å². The maximum absolute atomic E-state index is 8.54. The van der Waals surface area contributed by atoms with Gasteiger partial charge in [0.05, 0.1) is 6.61 Å². The molecule has 0 unspecified atom stereocenters. The predicted octanol–water partition coefficient (Wildman–Crippen LogP) is 4.61. The molecule has 3 heteroatoms. The van der Waals surface area contributed by atoms with Crippen molar-refractivity contribution in [1.82, 2.24) is 10.2 Å². The van der Waals surface area contributed by atoms with Gasteiger partial charge in [-0.25, -0.2) is 0 Å².